The van der Waals surface area contributed by atoms with Crippen molar-refractivity contribution in [3.8, 4) is 12.3 Å². The van der Waals surface area contributed by atoms with Gasteiger partial charge in [0.05, 0.1) is 0 Å². The number of rotatable bonds is 3. The molecule has 5 nitrogen and oxygen atoms in total. The van der Waals surface area contributed by atoms with E-state index < -0.39 is 23.7 Å². The number of benzene rings is 1. The fourth-order valence-electron chi connectivity index (χ4n) is 1.48. The molecule has 0 spiro atoms. The number of carbonyl (C=O) groups excluding carboxylic acids is 1. The van der Waals surface area contributed by atoms with Crippen molar-refractivity contribution >= 4 is 12.1 Å². The summed E-state index contributed by atoms with van der Waals surface area (Å²) in [7, 11) is 0. The molecule has 1 rings (SSSR count). The van der Waals surface area contributed by atoms with Gasteiger partial charge in [-0.2, -0.15) is 0 Å². The molecule has 0 heterocycles. The molecule has 1 aromatic rings. The predicted molar refractivity (Wildman–Crippen MR) is 74.1 cm³/mol. The molecule has 0 saturated carbocycles. The molecule has 0 aliphatic rings. The molecule has 1 amide bonds. The Balaban J connectivity index is 2.87. The lowest BCUT2D eigenvalue weighted by atomic mass is 10.1. The Bertz CT molecular complexity index is 534. The average molecular weight is 275 g/mol. The van der Waals surface area contributed by atoms with E-state index in [0.29, 0.717) is 11.1 Å². The van der Waals surface area contributed by atoms with Crippen LogP contribution in [-0.4, -0.2) is 22.8 Å². The fourth-order valence-corrected chi connectivity index (χ4v) is 1.48. The van der Waals surface area contributed by atoms with Gasteiger partial charge in [-0.1, -0.05) is 18.1 Å². The molecule has 0 fully saturated rings. The quantitative estimate of drug-likeness (QED) is 0.830. The summed E-state index contributed by atoms with van der Waals surface area (Å²) < 4.78 is 5.04. The van der Waals surface area contributed by atoms with Crippen LogP contribution in [-0.2, 0) is 9.53 Å². The normalized spacial score (nSPS) is 12.1. The van der Waals surface area contributed by atoms with Crippen LogP contribution in [0.4, 0.5) is 4.79 Å². The molecule has 0 aliphatic carbocycles. The van der Waals surface area contributed by atoms with E-state index in [1.54, 1.807) is 45.0 Å². The van der Waals surface area contributed by atoms with Gasteiger partial charge in [0.25, 0.3) is 0 Å². The molecule has 20 heavy (non-hydrogen) atoms. The summed E-state index contributed by atoms with van der Waals surface area (Å²) >= 11 is 0. The lowest BCUT2D eigenvalue weighted by Crippen LogP contribution is -2.38. The molecule has 1 aromatic carbocycles. The van der Waals surface area contributed by atoms with Crippen LogP contribution < -0.4 is 5.32 Å². The second kappa shape index (κ2) is 6.11. The molecule has 1 unspecified atom stereocenters. The number of carbonyl (C=O) groups is 2. The van der Waals surface area contributed by atoms with Crippen molar-refractivity contribution in [2.45, 2.75) is 32.4 Å². The number of carboxylic acid groups (broad SMARTS) is 1. The second-order valence-electron chi connectivity index (χ2n) is 5.18. The molecule has 0 saturated heterocycles. The van der Waals surface area contributed by atoms with Crippen LogP contribution in [0.5, 0.6) is 0 Å². The van der Waals surface area contributed by atoms with E-state index >= 15 is 0 Å². The Labute approximate surface area is 117 Å². The number of hydrogen-bond donors (Lipinski definition) is 2. The van der Waals surface area contributed by atoms with E-state index in [-0.39, 0.29) is 0 Å². The standard InChI is InChI=1S/C15H17NO4/c1-5-10-6-8-11(9-7-10)12(13(17)18)16-14(19)20-15(2,3)4/h1,6-9,12H,2-4H3,(H,16,19)(H,17,18). The summed E-state index contributed by atoms with van der Waals surface area (Å²) in [6.45, 7) is 5.10. The fraction of sp³-hybridized carbons (Fsp3) is 0.333. The number of nitrogens with one attached hydrogen (secondary N) is 1. The molecule has 5 heteroatoms. The SMILES string of the molecule is C#Cc1ccc(C(NC(=O)OC(C)(C)C)C(=O)O)cc1. The first kappa shape index (κ1) is 15.6. The van der Waals surface area contributed by atoms with Gasteiger partial charge in [0.2, 0.25) is 0 Å². The van der Waals surface area contributed by atoms with E-state index in [2.05, 4.69) is 11.2 Å². The maximum Gasteiger partial charge on any atom is 0.408 e. The minimum Gasteiger partial charge on any atom is -0.479 e. The van der Waals surface area contributed by atoms with Gasteiger partial charge in [0.1, 0.15) is 5.60 Å². The van der Waals surface area contributed by atoms with Gasteiger partial charge in [0.15, 0.2) is 6.04 Å². The Morgan fingerprint density at radius 2 is 1.85 bits per heavy atom. The van der Waals surface area contributed by atoms with Gasteiger partial charge in [-0.3, -0.25) is 0 Å². The Kier molecular flexibility index (Phi) is 4.76. The highest BCUT2D eigenvalue weighted by molar-refractivity contribution is 5.81. The summed E-state index contributed by atoms with van der Waals surface area (Å²) in [5.41, 5.74) is 0.359. The maximum absolute atomic E-state index is 11.6. The zero-order valence-corrected chi connectivity index (χ0v) is 11.6. The summed E-state index contributed by atoms with van der Waals surface area (Å²) in [6, 6.07) is 5.16. The van der Waals surface area contributed by atoms with Gasteiger partial charge in [0, 0.05) is 5.56 Å². The first-order valence-electron chi connectivity index (χ1n) is 6.02. The van der Waals surface area contributed by atoms with Gasteiger partial charge in [-0.15, -0.1) is 6.42 Å². The highest BCUT2D eigenvalue weighted by Crippen LogP contribution is 2.16. The van der Waals surface area contributed by atoms with E-state index in [0.717, 1.165) is 0 Å². The third-order valence-electron chi connectivity index (χ3n) is 2.32. The van der Waals surface area contributed by atoms with E-state index in [9.17, 15) is 14.7 Å². The molecular weight excluding hydrogens is 258 g/mol. The highest BCUT2D eigenvalue weighted by Gasteiger charge is 2.25. The molecule has 0 aliphatic heterocycles. The van der Waals surface area contributed by atoms with E-state index in [4.69, 9.17) is 11.2 Å². The maximum atomic E-state index is 11.6. The minimum absolute atomic E-state index is 0.419. The molecule has 1 atom stereocenters. The van der Waals surface area contributed by atoms with Crippen molar-refractivity contribution in [3.05, 3.63) is 35.4 Å². The topological polar surface area (TPSA) is 75.6 Å². The number of amides is 1. The first-order chi connectivity index (χ1) is 9.23. The van der Waals surface area contributed by atoms with Crippen LogP contribution in [0.2, 0.25) is 0 Å². The number of aliphatic carboxylic acids is 1. The molecular formula is C15H17NO4. The van der Waals surface area contributed by atoms with Crippen LogP contribution in [0.15, 0.2) is 24.3 Å². The van der Waals surface area contributed by atoms with Crippen LogP contribution in [0.25, 0.3) is 0 Å². The summed E-state index contributed by atoms with van der Waals surface area (Å²) in [6.07, 6.45) is 4.44. The lowest BCUT2D eigenvalue weighted by Gasteiger charge is -2.22. The number of carboxylic acids is 1. The number of terminal acetylenes is 1. The Morgan fingerprint density at radius 3 is 2.25 bits per heavy atom. The van der Waals surface area contributed by atoms with Crippen LogP contribution >= 0.6 is 0 Å². The third kappa shape index (κ3) is 4.65. The van der Waals surface area contributed by atoms with Gasteiger partial charge in [-0.05, 0) is 38.5 Å². The Hall–Kier alpha value is -2.48. The van der Waals surface area contributed by atoms with Crippen molar-refractivity contribution < 1.29 is 19.4 Å². The lowest BCUT2D eigenvalue weighted by molar-refractivity contribution is -0.139. The molecule has 0 aromatic heterocycles. The van der Waals surface area contributed by atoms with E-state index in [1.807, 2.05) is 0 Å². The molecule has 2 N–H and O–H groups in total. The molecule has 106 valence electrons. The van der Waals surface area contributed by atoms with Crippen LogP contribution in [0.1, 0.15) is 37.9 Å². The van der Waals surface area contributed by atoms with Crippen molar-refractivity contribution in [1.82, 2.24) is 5.32 Å². The summed E-state index contributed by atoms with van der Waals surface area (Å²) in [5.74, 6) is 1.26. The number of ether oxygens (including phenoxy) is 1. The summed E-state index contributed by atoms with van der Waals surface area (Å²) in [4.78, 5) is 22.9. The van der Waals surface area contributed by atoms with Crippen molar-refractivity contribution in [1.29, 1.82) is 0 Å². The van der Waals surface area contributed by atoms with Crippen molar-refractivity contribution in [3.63, 3.8) is 0 Å². The van der Waals surface area contributed by atoms with Crippen LogP contribution in [0.3, 0.4) is 0 Å². The summed E-state index contributed by atoms with van der Waals surface area (Å²) in [5, 5.41) is 11.5. The number of alkyl carbamates (subject to hydrolysis) is 1. The average Bonchev–Trinajstić information content (AvgIpc) is 2.34. The first-order valence-corrected chi connectivity index (χ1v) is 6.02. The molecule has 0 radical (unpaired) electrons. The zero-order valence-electron chi connectivity index (χ0n) is 11.6. The van der Waals surface area contributed by atoms with Crippen LogP contribution in [0, 0.1) is 12.3 Å². The zero-order chi connectivity index (χ0) is 15.3. The smallest absolute Gasteiger partial charge is 0.408 e. The van der Waals surface area contributed by atoms with Crippen molar-refractivity contribution in [2.75, 3.05) is 0 Å². The van der Waals surface area contributed by atoms with Crippen molar-refractivity contribution in [2.24, 2.45) is 0 Å². The second-order valence-corrected chi connectivity index (χ2v) is 5.18. The third-order valence-corrected chi connectivity index (χ3v) is 2.32. The predicted octanol–water partition coefficient (Wildman–Crippen LogP) is 2.32. The van der Waals surface area contributed by atoms with E-state index in [1.165, 1.54) is 0 Å². The monoisotopic (exact) mass is 275 g/mol. The molecule has 0 bridgehead atoms. The Morgan fingerprint density at radius 1 is 1.30 bits per heavy atom. The largest absolute Gasteiger partial charge is 0.479 e. The van der Waals surface area contributed by atoms with Gasteiger partial charge < -0.3 is 15.2 Å². The number of hydrogen-bond acceptors (Lipinski definition) is 3. The van der Waals surface area contributed by atoms with Gasteiger partial charge >= 0.3 is 12.1 Å². The minimum atomic E-state index is -1.18. The highest BCUT2D eigenvalue weighted by atomic mass is 16.6. The van der Waals surface area contributed by atoms with Gasteiger partial charge in [-0.25, -0.2) is 9.59 Å².